The number of hydrogen-bond acceptors (Lipinski definition) is 3. The lowest BCUT2D eigenvalue weighted by Gasteiger charge is -2.08. The highest BCUT2D eigenvalue weighted by atomic mass is 79.9. The van der Waals surface area contributed by atoms with Gasteiger partial charge in [0.15, 0.2) is 0 Å². The Morgan fingerprint density at radius 2 is 1.95 bits per heavy atom. The van der Waals surface area contributed by atoms with E-state index in [4.69, 9.17) is 16.7 Å². The van der Waals surface area contributed by atoms with E-state index in [1.165, 1.54) is 30.5 Å². The van der Waals surface area contributed by atoms with Crippen molar-refractivity contribution in [3.05, 3.63) is 57.3 Å². The molecule has 0 atom stereocenters. The molecule has 0 saturated heterocycles. The summed E-state index contributed by atoms with van der Waals surface area (Å²) < 4.78 is 0.580. The molecule has 1 aromatic heterocycles. The molecule has 0 fully saturated rings. The summed E-state index contributed by atoms with van der Waals surface area (Å²) in [5.74, 6) is -1.47. The summed E-state index contributed by atoms with van der Waals surface area (Å²) in [7, 11) is 0. The molecule has 1 aromatic carbocycles. The minimum atomic E-state index is -1.07. The molecular weight excluding hydrogens is 348 g/mol. The van der Waals surface area contributed by atoms with Crippen LogP contribution in [-0.4, -0.2) is 22.0 Å². The Kier molecular flexibility index (Phi) is 4.36. The topological polar surface area (TPSA) is 79.3 Å². The lowest BCUT2D eigenvalue weighted by molar-refractivity contribution is 0.0696. The van der Waals surface area contributed by atoms with Crippen LogP contribution < -0.4 is 5.32 Å². The van der Waals surface area contributed by atoms with E-state index < -0.39 is 11.9 Å². The number of carbonyl (C=O) groups excluding carboxylic acids is 1. The Balaban J connectivity index is 2.27. The standard InChI is InChI=1S/C13H8BrClN2O3/c14-9-2-1-8(13(19)20)5-10(9)17-12(18)7-3-4-16-11(15)6-7/h1-6H,(H,17,18)(H,19,20). The number of pyridine rings is 1. The fourth-order valence-corrected chi connectivity index (χ4v) is 2.01. The number of carbonyl (C=O) groups is 2. The van der Waals surface area contributed by atoms with Crippen LogP contribution in [0.3, 0.4) is 0 Å². The molecule has 0 spiro atoms. The summed E-state index contributed by atoms with van der Waals surface area (Å²) in [4.78, 5) is 26.7. The van der Waals surface area contributed by atoms with Gasteiger partial charge >= 0.3 is 5.97 Å². The number of amides is 1. The predicted octanol–water partition coefficient (Wildman–Crippen LogP) is 3.45. The van der Waals surface area contributed by atoms with Gasteiger partial charge in [0.2, 0.25) is 0 Å². The van der Waals surface area contributed by atoms with Gasteiger partial charge in [-0.3, -0.25) is 4.79 Å². The van der Waals surface area contributed by atoms with Crippen LogP contribution in [0.4, 0.5) is 5.69 Å². The quantitative estimate of drug-likeness (QED) is 0.827. The van der Waals surface area contributed by atoms with Crippen molar-refractivity contribution in [1.29, 1.82) is 0 Å². The molecule has 102 valence electrons. The first-order chi connectivity index (χ1) is 9.47. The molecule has 2 N–H and O–H groups in total. The van der Waals surface area contributed by atoms with Crippen molar-refractivity contribution >= 4 is 45.1 Å². The van der Waals surface area contributed by atoms with Gasteiger partial charge < -0.3 is 10.4 Å². The monoisotopic (exact) mass is 354 g/mol. The number of carboxylic acid groups (broad SMARTS) is 1. The maximum absolute atomic E-state index is 12.0. The summed E-state index contributed by atoms with van der Waals surface area (Å²) >= 11 is 8.96. The minimum absolute atomic E-state index is 0.0799. The maximum Gasteiger partial charge on any atom is 0.335 e. The van der Waals surface area contributed by atoms with Crippen LogP contribution >= 0.6 is 27.5 Å². The van der Waals surface area contributed by atoms with E-state index in [0.717, 1.165) is 0 Å². The van der Waals surface area contributed by atoms with Crippen LogP contribution in [0.15, 0.2) is 41.0 Å². The molecular formula is C13H8BrClN2O3. The maximum atomic E-state index is 12.0. The normalized spacial score (nSPS) is 10.1. The van der Waals surface area contributed by atoms with Crippen molar-refractivity contribution in [1.82, 2.24) is 4.98 Å². The fourth-order valence-electron chi connectivity index (χ4n) is 1.49. The van der Waals surface area contributed by atoms with Crippen LogP contribution in [0.1, 0.15) is 20.7 Å². The fraction of sp³-hybridized carbons (Fsp3) is 0. The first-order valence-corrected chi connectivity index (χ1v) is 6.60. The number of hydrogen-bond donors (Lipinski definition) is 2. The van der Waals surface area contributed by atoms with E-state index in [1.54, 1.807) is 6.07 Å². The Morgan fingerprint density at radius 3 is 2.60 bits per heavy atom. The van der Waals surface area contributed by atoms with Crippen molar-refractivity contribution < 1.29 is 14.7 Å². The minimum Gasteiger partial charge on any atom is -0.478 e. The predicted molar refractivity (Wildman–Crippen MR) is 78.3 cm³/mol. The van der Waals surface area contributed by atoms with Crippen molar-refractivity contribution in [3.8, 4) is 0 Å². The van der Waals surface area contributed by atoms with Crippen molar-refractivity contribution in [2.75, 3.05) is 5.32 Å². The van der Waals surface area contributed by atoms with E-state index in [2.05, 4.69) is 26.2 Å². The number of nitrogens with one attached hydrogen (secondary N) is 1. The van der Waals surface area contributed by atoms with Crippen molar-refractivity contribution in [3.63, 3.8) is 0 Å². The average molecular weight is 356 g/mol. The van der Waals surface area contributed by atoms with Crippen LogP contribution in [0.5, 0.6) is 0 Å². The summed E-state index contributed by atoms with van der Waals surface area (Å²) in [6, 6.07) is 7.29. The Bertz CT molecular complexity index is 691. The van der Waals surface area contributed by atoms with Crippen molar-refractivity contribution in [2.45, 2.75) is 0 Å². The van der Waals surface area contributed by atoms with Crippen LogP contribution in [0.2, 0.25) is 5.15 Å². The number of nitrogens with zero attached hydrogens (tertiary/aromatic N) is 1. The Labute approximate surface area is 127 Å². The molecule has 2 aromatic rings. The SMILES string of the molecule is O=C(O)c1ccc(Br)c(NC(=O)c2ccnc(Cl)c2)c1. The Hall–Kier alpha value is -1.92. The van der Waals surface area contributed by atoms with Gasteiger partial charge in [-0.05, 0) is 46.3 Å². The molecule has 0 unspecified atom stereocenters. The molecule has 0 aliphatic rings. The molecule has 2 rings (SSSR count). The molecule has 20 heavy (non-hydrogen) atoms. The van der Waals surface area contributed by atoms with E-state index in [9.17, 15) is 9.59 Å². The van der Waals surface area contributed by atoms with E-state index >= 15 is 0 Å². The van der Waals surface area contributed by atoms with Gasteiger partial charge in [-0.2, -0.15) is 0 Å². The second-order valence-electron chi connectivity index (χ2n) is 3.82. The molecule has 5 nitrogen and oxygen atoms in total. The van der Waals surface area contributed by atoms with Gasteiger partial charge in [0.25, 0.3) is 5.91 Å². The first-order valence-electron chi connectivity index (χ1n) is 5.43. The van der Waals surface area contributed by atoms with Crippen LogP contribution in [0.25, 0.3) is 0 Å². The number of anilines is 1. The molecule has 0 bridgehead atoms. The third-order valence-corrected chi connectivity index (χ3v) is 3.35. The van der Waals surface area contributed by atoms with Crippen LogP contribution in [-0.2, 0) is 0 Å². The summed E-state index contributed by atoms with van der Waals surface area (Å²) in [5, 5.41) is 11.8. The molecule has 0 radical (unpaired) electrons. The average Bonchev–Trinajstić information content (AvgIpc) is 2.41. The summed E-state index contributed by atoms with van der Waals surface area (Å²) in [6.07, 6.45) is 1.42. The molecule has 1 heterocycles. The number of aromatic carboxylic acids is 1. The smallest absolute Gasteiger partial charge is 0.335 e. The molecule has 1 amide bonds. The van der Waals surface area contributed by atoms with Gasteiger partial charge in [0.1, 0.15) is 5.15 Å². The zero-order valence-corrected chi connectivity index (χ0v) is 12.3. The summed E-state index contributed by atoms with van der Waals surface area (Å²) in [6.45, 7) is 0. The zero-order chi connectivity index (χ0) is 14.7. The number of rotatable bonds is 3. The number of benzene rings is 1. The second kappa shape index (κ2) is 6.02. The van der Waals surface area contributed by atoms with E-state index in [1.807, 2.05) is 0 Å². The van der Waals surface area contributed by atoms with E-state index in [0.29, 0.717) is 15.7 Å². The van der Waals surface area contributed by atoms with Gasteiger partial charge in [-0.15, -0.1) is 0 Å². The Morgan fingerprint density at radius 1 is 1.20 bits per heavy atom. The highest BCUT2D eigenvalue weighted by molar-refractivity contribution is 9.10. The molecule has 0 saturated carbocycles. The van der Waals surface area contributed by atoms with Gasteiger partial charge in [0.05, 0.1) is 11.3 Å². The van der Waals surface area contributed by atoms with Crippen molar-refractivity contribution in [2.24, 2.45) is 0 Å². The van der Waals surface area contributed by atoms with Gasteiger partial charge in [0, 0.05) is 16.2 Å². The lowest BCUT2D eigenvalue weighted by atomic mass is 10.2. The molecule has 0 aliphatic heterocycles. The summed E-state index contributed by atoms with van der Waals surface area (Å²) in [5.41, 5.74) is 0.775. The molecule has 0 aliphatic carbocycles. The lowest BCUT2D eigenvalue weighted by Crippen LogP contribution is -2.13. The highest BCUT2D eigenvalue weighted by Crippen LogP contribution is 2.24. The third kappa shape index (κ3) is 3.34. The largest absolute Gasteiger partial charge is 0.478 e. The molecule has 7 heteroatoms. The van der Waals surface area contributed by atoms with E-state index in [-0.39, 0.29) is 10.7 Å². The first kappa shape index (κ1) is 14.5. The van der Waals surface area contributed by atoms with Crippen LogP contribution in [0, 0.1) is 0 Å². The second-order valence-corrected chi connectivity index (χ2v) is 5.06. The number of carboxylic acids is 1. The number of aromatic nitrogens is 1. The highest BCUT2D eigenvalue weighted by Gasteiger charge is 2.11. The zero-order valence-electron chi connectivity index (χ0n) is 9.93. The number of halogens is 2. The van der Waals surface area contributed by atoms with Gasteiger partial charge in [-0.1, -0.05) is 11.6 Å². The third-order valence-electron chi connectivity index (χ3n) is 2.45. The van der Waals surface area contributed by atoms with Gasteiger partial charge in [-0.25, -0.2) is 9.78 Å².